The zero-order chi connectivity index (χ0) is 25.4. The number of primary amides is 1. The van der Waals surface area contributed by atoms with Gasteiger partial charge in [0.05, 0.1) is 29.6 Å². The van der Waals surface area contributed by atoms with Gasteiger partial charge in [-0.3, -0.25) is 9.36 Å². The fourth-order valence-corrected chi connectivity index (χ4v) is 5.06. The van der Waals surface area contributed by atoms with Gasteiger partial charge in [-0.2, -0.15) is 4.98 Å². The Balaban J connectivity index is 1.53. The number of nitrogens with one attached hydrogen (secondary N) is 2. The minimum absolute atomic E-state index is 0.000983. The fraction of sp³-hybridized carbons (Fsp3) is 0.478. The number of rotatable bonds is 6. The summed E-state index contributed by atoms with van der Waals surface area (Å²) in [7, 11) is 0. The van der Waals surface area contributed by atoms with Crippen molar-refractivity contribution in [2.75, 3.05) is 23.8 Å². The maximum Gasteiger partial charge on any atom is 0.225 e. The van der Waals surface area contributed by atoms with Crippen molar-refractivity contribution in [3.8, 4) is 0 Å². The summed E-state index contributed by atoms with van der Waals surface area (Å²) in [6.45, 7) is 0.429. The van der Waals surface area contributed by atoms with Crippen LogP contribution in [-0.4, -0.2) is 50.9 Å². The standard InChI is InChI=1S/C23H25ClF3N7O2/c24-14-7-12(25)8-15(26)19(14)32-23-31-18-9-29-22(30-17-5-6-36-10-16(17)27)33-21(18)34(23)13-3-1-11(2-4-13)20(28)35/h7-9,11,13,16-17H,1-6,10H2,(H2,28,35)(H,31,32)(H,29,30,33)/t11-,13+,16-,17-/m1/s1. The van der Waals surface area contributed by atoms with Crippen LogP contribution < -0.4 is 16.4 Å². The molecule has 1 saturated heterocycles. The van der Waals surface area contributed by atoms with Crippen molar-refractivity contribution >= 4 is 46.3 Å². The van der Waals surface area contributed by atoms with Gasteiger partial charge in [0.25, 0.3) is 0 Å². The number of imidazole rings is 1. The summed E-state index contributed by atoms with van der Waals surface area (Å²) in [5.41, 5.74) is 6.23. The Morgan fingerprint density at radius 3 is 2.64 bits per heavy atom. The number of nitrogens with two attached hydrogens (primary N) is 1. The van der Waals surface area contributed by atoms with E-state index in [0.29, 0.717) is 49.9 Å². The number of aromatic nitrogens is 4. The third-order valence-electron chi connectivity index (χ3n) is 6.74. The van der Waals surface area contributed by atoms with Gasteiger partial charge in [-0.05, 0) is 38.2 Å². The van der Waals surface area contributed by atoms with Gasteiger partial charge in [0.15, 0.2) is 11.5 Å². The molecule has 3 heterocycles. The second-order valence-electron chi connectivity index (χ2n) is 9.12. The Kier molecular flexibility index (Phi) is 6.89. The predicted octanol–water partition coefficient (Wildman–Crippen LogP) is 4.26. The zero-order valence-corrected chi connectivity index (χ0v) is 19.9. The Hall–Kier alpha value is -3.12. The van der Waals surface area contributed by atoms with Crippen LogP contribution in [0, 0.1) is 17.6 Å². The Morgan fingerprint density at radius 2 is 1.94 bits per heavy atom. The van der Waals surface area contributed by atoms with Gasteiger partial charge in [-0.1, -0.05) is 11.6 Å². The molecule has 36 heavy (non-hydrogen) atoms. The number of carbonyl (C=O) groups is 1. The van der Waals surface area contributed by atoms with Gasteiger partial charge < -0.3 is 21.1 Å². The topological polar surface area (TPSA) is 120 Å². The van der Waals surface area contributed by atoms with E-state index in [1.165, 1.54) is 6.20 Å². The first-order valence-electron chi connectivity index (χ1n) is 11.7. The summed E-state index contributed by atoms with van der Waals surface area (Å²) in [6.07, 6.45) is 3.12. The summed E-state index contributed by atoms with van der Waals surface area (Å²) >= 11 is 6.11. The molecule has 13 heteroatoms. The number of hydrogen-bond acceptors (Lipinski definition) is 7. The smallest absolute Gasteiger partial charge is 0.225 e. The molecular formula is C23H25ClF3N7O2. The average molecular weight is 524 g/mol. The number of alkyl halides is 1. The number of fused-ring (bicyclic) bond motifs is 1. The largest absolute Gasteiger partial charge is 0.378 e. The molecule has 192 valence electrons. The van der Waals surface area contributed by atoms with Crippen molar-refractivity contribution in [3.05, 3.63) is 35.0 Å². The Morgan fingerprint density at radius 1 is 1.17 bits per heavy atom. The number of hydrogen-bond donors (Lipinski definition) is 3. The second-order valence-corrected chi connectivity index (χ2v) is 9.52. The number of halogens is 4. The van der Waals surface area contributed by atoms with E-state index in [0.717, 1.165) is 12.1 Å². The summed E-state index contributed by atoms with van der Waals surface area (Å²) in [5.74, 6) is -1.78. The average Bonchev–Trinajstić information content (AvgIpc) is 3.20. The molecule has 2 atom stereocenters. The summed E-state index contributed by atoms with van der Waals surface area (Å²) in [5, 5.41) is 5.77. The number of ether oxygens (including phenoxy) is 1. The molecule has 0 spiro atoms. The number of carbonyl (C=O) groups excluding carboxylic acids is 1. The highest BCUT2D eigenvalue weighted by Crippen LogP contribution is 2.38. The monoisotopic (exact) mass is 523 g/mol. The molecule has 1 aliphatic heterocycles. The van der Waals surface area contributed by atoms with Crippen LogP contribution in [0.2, 0.25) is 5.02 Å². The maximum atomic E-state index is 14.6. The third-order valence-corrected chi connectivity index (χ3v) is 7.04. The predicted molar refractivity (Wildman–Crippen MR) is 128 cm³/mol. The molecule has 2 aliphatic rings. The lowest BCUT2D eigenvalue weighted by Gasteiger charge is -2.29. The van der Waals surface area contributed by atoms with Gasteiger partial charge in [0.1, 0.15) is 17.5 Å². The first-order chi connectivity index (χ1) is 17.3. The van der Waals surface area contributed by atoms with Crippen molar-refractivity contribution < 1.29 is 22.7 Å². The van der Waals surface area contributed by atoms with Crippen molar-refractivity contribution in [3.63, 3.8) is 0 Å². The normalized spacial score (nSPS) is 24.6. The van der Waals surface area contributed by atoms with E-state index in [1.54, 1.807) is 4.57 Å². The van der Waals surface area contributed by atoms with E-state index < -0.39 is 23.8 Å². The maximum absolute atomic E-state index is 14.6. The summed E-state index contributed by atoms with van der Waals surface area (Å²) < 4.78 is 49.4. The lowest BCUT2D eigenvalue weighted by molar-refractivity contribution is -0.122. The molecule has 1 aromatic carbocycles. The van der Waals surface area contributed by atoms with Gasteiger partial charge in [0.2, 0.25) is 17.8 Å². The molecular weight excluding hydrogens is 499 g/mol. The van der Waals surface area contributed by atoms with Gasteiger partial charge in [0, 0.05) is 24.6 Å². The molecule has 1 saturated carbocycles. The molecule has 3 aromatic rings. The van der Waals surface area contributed by atoms with Crippen LogP contribution in [-0.2, 0) is 9.53 Å². The molecule has 9 nitrogen and oxygen atoms in total. The number of anilines is 3. The summed E-state index contributed by atoms with van der Waals surface area (Å²) in [4.78, 5) is 25.1. The van der Waals surface area contributed by atoms with Crippen molar-refractivity contribution in [1.29, 1.82) is 0 Å². The molecule has 1 amide bonds. The number of amides is 1. The van der Waals surface area contributed by atoms with Crippen LogP contribution in [0.3, 0.4) is 0 Å². The van der Waals surface area contributed by atoms with Crippen LogP contribution in [0.4, 0.5) is 30.8 Å². The van der Waals surface area contributed by atoms with Crippen molar-refractivity contribution in [2.45, 2.75) is 50.4 Å². The van der Waals surface area contributed by atoms with E-state index in [-0.39, 0.29) is 47.1 Å². The highest BCUT2D eigenvalue weighted by atomic mass is 35.5. The quantitative estimate of drug-likeness (QED) is 0.441. The SMILES string of the molecule is NC(=O)[C@H]1CC[C@@H](n2c(Nc3c(F)cc(F)cc3Cl)nc3cnc(N[C@@H]4CCOC[C@H]4F)nc32)CC1. The third kappa shape index (κ3) is 4.92. The van der Waals surface area contributed by atoms with Crippen LogP contribution in [0.15, 0.2) is 18.3 Å². The van der Waals surface area contributed by atoms with E-state index in [4.69, 9.17) is 22.1 Å². The van der Waals surface area contributed by atoms with E-state index in [2.05, 4.69) is 25.6 Å². The van der Waals surface area contributed by atoms with Crippen LogP contribution in [0.25, 0.3) is 11.2 Å². The first-order valence-corrected chi connectivity index (χ1v) is 12.1. The van der Waals surface area contributed by atoms with Gasteiger partial charge in [-0.25, -0.2) is 23.1 Å². The first kappa shape index (κ1) is 24.6. The zero-order valence-electron chi connectivity index (χ0n) is 19.2. The highest BCUT2D eigenvalue weighted by Gasteiger charge is 2.30. The lowest BCUT2D eigenvalue weighted by Crippen LogP contribution is -2.39. The summed E-state index contributed by atoms with van der Waals surface area (Å²) in [6, 6.07) is 1.09. The molecule has 2 fully saturated rings. The van der Waals surface area contributed by atoms with Crippen molar-refractivity contribution in [2.24, 2.45) is 11.7 Å². The van der Waals surface area contributed by atoms with Crippen LogP contribution in [0.1, 0.15) is 38.1 Å². The number of nitrogens with zero attached hydrogens (tertiary/aromatic N) is 4. The van der Waals surface area contributed by atoms with Gasteiger partial charge >= 0.3 is 0 Å². The molecule has 0 radical (unpaired) electrons. The molecule has 0 unspecified atom stereocenters. The second kappa shape index (κ2) is 10.1. The van der Waals surface area contributed by atoms with E-state index in [1.807, 2.05) is 0 Å². The fourth-order valence-electron chi connectivity index (χ4n) is 4.82. The molecule has 2 aromatic heterocycles. The Bertz CT molecular complexity index is 1260. The van der Waals surface area contributed by atoms with Crippen LogP contribution >= 0.6 is 11.6 Å². The van der Waals surface area contributed by atoms with E-state index in [9.17, 15) is 18.0 Å². The lowest BCUT2D eigenvalue weighted by atomic mass is 9.85. The molecule has 1 aliphatic carbocycles. The van der Waals surface area contributed by atoms with Crippen LogP contribution in [0.5, 0.6) is 0 Å². The minimum Gasteiger partial charge on any atom is -0.378 e. The van der Waals surface area contributed by atoms with E-state index >= 15 is 0 Å². The minimum atomic E-state index is -1.20. The van der Waals surface area contributed by atoms with Gasteiger partial charge in [-0.15, -0.1) is 0 Å². The van der Waals surface area contributed by atoms with Crippen molar-refractivity contribution in [1.82, 2.24) is 19.5 Å². The molecule has 5 rings (SSSR count). The highest BCUT2D eigenvalue weighted by molar-refractivity contribution is 6.33. The molecule has 4 N–H and O–H groups in total. The number of benzene rings is 1. The molecule has 0 bridgehead atoms. The Labute approximate surface area is 209 Å².